The summed E-state index contributed by atoms with van der Waals surface area (Å²) in [6.45, 7) is 4.44. The van der Waals surface area contributed by atoms with E-state index in [-0.39, 0.29) is 23.5 Å². The Hall–Kier alpha value is -2.09. The first-order chi connectivity index (χ1) is 12.5. The van der Waals surface area contributed by atoms with Crippen LogP contribution in [0.1, 0.15) is 33.1 Å². The molecule has 1 aromatic heterocycles. The minimum Gasteiger partial charge on any atom is -0.352 e. The third-order valence-corrected chi connectivity index (χ3v) is 6.10. The molecule has 1 aromatic carbocycles. The molecular weight excluding hydrogens is 353 g/mol. The summed E-state index contributed by atoms with van der Waals surface area (Å²) in [4.78, 5) is 12.3. The van der Waals surface area contributed by atoms with Crippen molar-refractivity contribution in [2.24, 2.45) is 11.8 Å². The number of rotatable bonds is 5. The zero-order chi connectivity index (χ0) is 18.7. The number of nitrogens with zero attached hydrogens (tertiary/aromatic N) is 3. The zero-order valence-corrected chi connectivity index (χ0v) is 15.8. The van der Waals surface area contributed by atoms with Crippen LogP contribution >= 0.6 is 11.8 Å². The van der Waals surface area contributed by atoms with Crippen molar-refractivity contribution in [3.8, 4) is 11.4 Å². The van der Waals surface area contributed by atoms with Gasteiger partial charge in [0.2, 0.25) is 11.1 Å². The van der Waals surface area contributed by atoms with Crippen molar-refractivity contribution in [3.05, 3.63) is 30.1 Å². The van der Waals surface area contributed by atoms with E-state index >= 15 is 0 Å². The Bertz CT molecular complexity index is 763. The predicted octanol–water partition coefficient (Wildman–Crippen LogP) is 2.83. The third-order valence-electron chi connectivity index (χ3n) is 5.15. The summed E-state index contributed by atoms with van der Waals surface area (Å²) in [6.07, 6.45) is 3.41. The van der Waals surface area contributed by atoms with Gasteiger partial charge in [-0.15, -0.1) is 10.2 Å². The fourth-order valence-corrected chi connectivity index (χ4v) is 4.00. The average molecular weight is 377 g/mol. The highest BCUT2D eigenvalue weighted by molar-refractivity contribution is 7.99. The molecule has 0 spiro atoms. The molecule has 3 atom stereocenters. The molecule has 0 bridgehead atoms. The Morgan fingerprint density at radius 3 is 2.77 bits per heavy atom. The minimum absolute atomic E-state index is 0.0210. The van der Waals surface area contributed by atoms with E-state index in [1.165, 1.54) is 35.0 Å². The highest BCUT2D eigenvalue weighted by Gasteiger charge is 2.28. The number of carbonyl (C=O) groups is 1. The van der Waals surface area contributed by atoms with Crippen LogP contribution in [0.4, 0.5) is 4.39 Å². The maximum absolute atomic E-state index is 13.0. The van der Waals surface area contributed by atoms with Crippen molar-refractivity contribution >= 4 is 17.7 Å². The molecule has 0 aliphatic heterocycles. The molecule has 0 saturated heterocycles. The Kier molecular flexibility index (Phi) is 5.80. The minimum atomic E-state index is -0.325. The van der Waals surface area contributed by atoms with Crippen molar-refractivity contribution in [3.63, 3.8) is 0 Å². The molecule has 1 amide bonds. The average Bonchev–Trinajstić information content (AvgIpc) is 2.99. The zero-order valence-electron chi connectivity index (χ0n) is 15.0. The molecule has 1 aliphatic carbocycles. The summed E-state index contributed by atoms with van der Waals surface area (Å²) >= 11 is 1.24. The van der Waals surface area contributed by atoms with Crippen LogP contribution in [0.25, 0.3) is 11.4 Å². The molecule has 3 rings (SSSR count). The molecule has 26 heavy (non-hydrogen) atoms. The van der Waals surface area contributed by atoms with E-state index in [4.69, 9.17) is 5.84 Å². The highest BCUT2D eigenvalue weighted by Crippen LogP contribution is 2.29. The van der Waals surface area contributed by atoms with Crippen LogP contribution < -0.4 is 11.2 Å². The van der Waals surface area contributed by atoms with Gasteiger partial charge in [-0.25, -0.2) is 9.07 Å². The summed E-state index contributed by atoms with van der Waals surface area (Å²) < 4.78 is 14.4. The van der Waals surface area contributed by atoms with Gasteiger partial charge in [0.15, 0.2) is 5.82 Å². The molecule has 6 nitrogen and oxygen atoms in total. The van der Waals surface area contributed by atoms with E-state index < -0.39 is 0 Å². The molecular formula is C18H24FN5OS. The van der Waals surface area contributed by atoms with E-state index in [0.717, 1.165) is 12.8 Å². The van der Waals surface area contributed by atoms with Crippen LogP contribution in [-0.2, 0) is 4.79 Å². The number of amides is 1. The number of nitrogen functional groups attached to an aromatic ring is 1. The van der Waals surface area contributed by atoms with Gasteiger partial charge in [0, 0.05) is 11.6 Å². The SMILES string of the molecule is C[C@@H]1[C@H](C)CCC[C@@H]1NC(=O)CSc1nnc(-c2ccc(F)cc2)n1N. The monoisotopic (exact) mass is 377 g/mol. The van der Waals surface area contributed by atoms with Crippen molar-refractivity contribution in [2.75, 3.05) is 11.6 Å². The number of thioether (sulfide) groups is 1. The predicted molar refractivity (Wildman–Crippen MR) is 100 cm³/mol. The van der Waals surface area contributed by atoms with E-state index in [1.54, 1.807) is 12.1 Å². The number of nitrogens with two attached hydrogens (primary N) is 1. The standard InChI is InChI=1S/C18H24FN5OS/c1-11-4-3-5-15(12(11)2)21-16(25)10-26-18-23-22-17(24(18)20)13-6-8-14(19)9-7-13/h6-9,11-12,15H,3-5,10,20H2,1-2H3,(H,21,25)/t11-,12-,15+/m1/s1. The molecule has 1 saturated carbocycles. The summed E-state index contributed by atoms with van der Waals surface area (Å²) in [5.41, 5.74) is 0.669. The van der Waals surface area contributed by atoms with Gasteiger partial charge in [0.1, 0.15) is 5.82 Å². The lowest BCUT2D eigenvalue weighted by molar-refractivity contribution is -0.120. The van der Waals surface area contributed by atoms with Crippen LogP contribution in [0.3, 0.4) is 0 Å². The van der Waals surface area contributed by atoms with Crippen LogP contribution in [0.15, 0.2) is 29.4 Å². The van der Waals surface area contributed by atoms with Gasteiger partial charge >= 0.3 is 0 Å². The molecule has 8 heteroatoms. The van der Waals surface area contributed by atoms with Gasteiger partial charge in [-0.1, -0.05) is 38.5 Å². The lowest BCUT2D eigenvalue weighted by Crippen LogP contribution is -2.44. The molecule has 1 aliphatic rings. The molecule has 1 fully saturated rings. The van der Waals surface area contributed by atoms with Crippen molar-refractivity contribution in [2.45, 2.75) is 44.3 Å². The molecule has 140 valence electrons. The van der Waals surface area contributed by atoms with E-state index in [9.17, 15) is 9.18 Å². The quantitative estimate of drug-likeness (QED) is 0.618. The fourth-order valence-electron chi connectivity index (χ4n) is 3.34. The maximum Gasteiger partial charge on any atom is 0.230 e. The topological polar surface area (TPSA) is 85.8 Å². The van der Waals surface area contributed by atoms with Gasteiger partial charge in [-0.2, -0.15) is 0 Å². The second kappa shape index (κ2) is 8.07. The van der Waals surface area contributed by atoms with Crippen molar-refractivity contribution in [1.29, 1.82) is 0 Å². The van der Waals surface area contributed by atoms with Crippen LogP contribution in [0.2, 0.25) is 0 Å². The fraction of sp³-hybridized carbons (Fsp3) is 0.500. The molecule has 3 N–H and O–H groups in total. The lowest BCUT2D eigenvalue weighted by Gasteiger charge is -2.34. The van der Waals surface area contributed by atoms with Crippen LogP contribution in [0.5, 0.6) is 0 Å². The van der Waals surface area contributed by atoms with Gasteiger partial charge < -0.3 is 11.2 Å². The van der Waals surface area contributed by atoms with Gasteiger partial charge in [0.05, 0.1) is 5.75 Å². The lowest BCUT2D eigenvalue weighted by atomic mass is 9.78. The second-order valence-corrected chi connectivity index (χ2v) is 7.86. The van der Waals surface area contributed by atoms with Crippen molar-refractivity contribution < 1.29 is 9.18 Å². The molecule has 2 aromatic rings. The normalized spacial score (nSPS) is 23.0. The van der Waals surface area contributed by atoms with E-state index in [0.29, 0.717) is 28.4 Å². The van der Waals surface area contributed by atoms with E-state index in [2.05, 4.69) is 29.4 Å². The Labute approximate surface area is 156 Å². The van der Waals surface area contributed by atoms with Crippen LogP contribution in [-0.4, -0.2) is 32.6 Å². The van der Waals surface area contributed by atoms with Gasteiger partial charge in [-0.05, 0) is 42.5 Å². The summed E-state index contributed by atoms with van der Waals surface area (Å²) in [6, 6.07) is 6.11. The highest BCUT2D eigenvalue weighted by atomic mass is 32.2. The Morgan fingerprint density at radius 1 is 1.31 bits per heavy atom. The largest absolute Gasteiger partial charge is 0.352 e. The second-order valence-electron chi connectivity index (χ2n) is 6.91. The number of carbonyl (C=O) groups excluding carboxylic acids is 1. The number of halogens is 1. The third kappa shape index (κ3) is 4.17. The number of hydrogen-bond donors (Lipinski definition) is 2. The van der Waals surface area contributed by atoms with Gasteiger partial charge in [-0.3, -0.25) is 4.79 Å². The van der Waals surface area contributed by atoms with Crippen molar-refractivity contribution in [1.82, 2.24) is 20.2 Å². The Morgan fingerprint density at radius 2 is 2.04 bits per heavy atom. The first-order valence-corrected chi connectivity index (χ1v) is 9.83. The number of aromatic nitrogens is 3. The maximum atomic E-state index is 13.0. The first-order valence-electron chi connectivity index (χ1n) is 8.84. The summed E-state index contributed by atoms with van der Waals surface area (Å²) in [7, 11) is 0. The van der Waals surface area contributed by atoms with Gasteiger partial charge in [0.25, 0.3) is 0 Å². The number of nitrogens with one attached hydrogen (secondary N) is 1. The number of hydrogen-bond acceptors (Lipinski definition) is 5. The molecule has 0 unspecified atom stereocenters. The Balaban J connectivity index is 1.58. The molecule has 1 heterocycles. The molecule has 0 radical (unpaired) electrons. The first kappa shape index (κ1) is 18.7. The summed E-state index contributed by atoms with van der Waals surface area (Å²) in [5.74, 6) is 7.47. The van der Waals surface area contributed by atoms with Crippen LogP contribution in [0, 0.1) is 17.7 Å². The van der Waals surface area contributed by atoms with E-state index in [1.807, 2.05) is 0 Å². The summed E-state index contributed by atoms with van der Waals surface area (Å²) in [5, 5.41) is 11.7. The smallest absolute Gasteiger partial charge is 0.230 e. The number of benzene rings is 1.